The van der Waals surface area contributed by atoms with Crippen LogP contribution in [0.15, 0.2) is 24.3 Å². The number of aryl methyl sites for hydroxylation is 3. The van der Waals surface area contributed by atoms with Crippen LogP contribution in [0.25, 0.3) is 0 Å². The number of carbonyl (C=O) groups is 1. The van der Waals surface area contributed by atoms with Crippen LogP contribution in [0.4, 0.5) is 0 Å². The summed E-state index contributed by atoms with van der Waals surface area (Å²) in [5.41, 5.74) is 1.18. The van der Waals surface area contributed by atoms with Gasteiger partial charge in [-0.25, -0.2) is 4.68 Å². The molecule has 2 rings (SSSR count). The number of rotatable bonds is 8. The predicted molar refractivity (Wildman–Crippen MR) is 75.1 cm³/mol. The van der Waals surface area contributed by atoms with Crippen molar-refractivity contribution in [3.63, 3.8) is 0 Å². The highest BCUT2D eigenvalue weighted by Gasteiger charge is 2.07. The van der Waals surface area contributed by atoms with Gasteiger partial charge >= 0.3 is 5.97 Å². The lowest BCUT2D eigenvalue weighted by atomic mass is 10.1. The second-order valence-electron chi connectivity index (χ2n) is 4.66. The molecule has 0 saturated heterocycles. The Balaban J connectivity index is 1.87. The van der Waals surface area contributed by atoms with Gasteiger partial charge in [0, 0.05) is 19.4 Å². The van der Waals surface area contributed by atoms with Gasteiger partial charge in [0.2, 0.25) is 0 Å². The van der Waals surface area contributed by atoms with E-state index in [4.69, 9.17) is 9.84 Å². The number of aliphatic carboxylic acids is 1. The Morgan fingerprint density at radius 1 is 1.29 bits per heavy atom. The first-order valence-corrected chi connectivity index (χ1v) is 6.79. The molecule has 0 bridgehead atoms. The van der Waals surface area contributed by atoms with Crippen LogP contribution in [0.1, 0.15) is 24.2 Å². The summed E-state index contributed by atoms with van der Waals surface area (Å²) in [6.45, 7) is 0.525. The Morgan fingerprint density at radius 2 is 2.05 bits per heavy atom. The summed E-state index contributed by atoms with van der Waals surface area (Å²) in [4.78, 5) is 10.5. The quantitative estimate of drug-likeness (QED) is 0.789. The third kappa shape index (κ3) is 4.55. The summed E-state index contributed by atoms with van der Waals surface area (Å²) in [6.07, 6.45) is 2.18. The first-order valence-electron chi connectivity index (χ1n) is 6.79. The van der Waals surface area contributed by atoms with Crippen LogP contribution in [0.2, 0.25) is 0 Å². The first-order chi connectivity index (χ1) is 10.2. The van der Waals surface area contributed by atoms with Gasteiger partial charge in [-0.3, -0.25) is 4.79 Å². The third-order valence-electron chi connectivity index (χ3n) is 3.16. The first kappa shape index (κ1) is 15.0. The molecule has 112 valence electrons. The van der Waals surface area contributed by atoms with E-state index in [1.54, 1.807) is 11.8 Å². The summed E-state index contributed by atoms with van der Waals surface area (Å²) < 4.78 is 6.79. The van der Waals surface area contributed by atoms with Crippen molar-refractivity contribution >= 4 is 5.97 Å². The van der Waals surface area contributed by atoms with Gasteiger partial charge in [0.15, 0.2) is 5.82 Å². The van der Waals surface area contributed by atoms with Crippen molar-refractivity contribution in [1.82, 2.24) is 20.2 Å². The lowest BCUT2D eigenvalue weighted by Crippen LogP contribution is -2.09. The molecule has 1 aromatic carbocycles. The Morgan fingerprint density at radius 3 is 2.71 bits per heavy atom. The predicted octanol–water partition coefficient (Wildman–Crippen LogP) is 1.33. The maximum atomic E-state index is 10.5. The van der Waals surface area contributed by atoms with Crippen molar-refractivity contribution in [3.05, 3.63) is 35.7 Å². The van der Waals surface area contributed by atoms with Crippen molar-refractivity contribution < 1.29 is 14.6 Å². The molecule has 0 radical (unpaired) electrons. The molecule has 0 amide bonds. The molecule has 0 fully saturated rings. The summed E-state index contributed by atoms with van der Waals surface area (Å²) >= 11 is 0. The summed E-state index contributed by atoms with van der Waals surface area (Å²) in [6, 6.07) is 7.87. The SMILES string of the molecule is COc1ccc(CCc2nnnn2CCCC(=O)O)cc1. The van der Waals surface area contributed by atoms with Crippen molar-refractivity contribution in [2.24, 2.45) is 0 Å². The number of carboxylic acids is 1. The molecule has 0 saturated carbocycles. The minimum Gasteiger partial charge on any atom is -0.497 e. The maximum Gasteiger partial charge on any atom is 0.303 e. The van der Waals surface area contributed by atoms with Crippen molar-refractivity contribution in [1.29, 1.82) is 0 Å². The number of methoxy groups -OCH3 is 1. The normalized spacial score (nSPS) is 10.5. The second-order valence-corrected chi connectivity index (χ2v) is 4.66. The van der Waals surface area contributed by atoms with E-state index in [0.29, 0.717) is 19.4 Å². The fraction of sp³-hybridized carbons (Fsp3) is 0.429. The van der Waals surface area contributed by atoms with Gasteiger partial charge in [-0.05, 0) is 41.0 Å². The number of tetrazole rings is 1. The van der Waals surface area contributed by atoms with E-state index in [-0.39, 0.29) is 6.42 Å². The number of carboxylic acid groups (broad SMARTS) is 1. The van der Waals surface area contributed by atoms with E-state index in [0.717, 1.165) is 18.0 Å². The molecule has 7 nitrogen and oxygen atoms in total. The third-order valence-corrected chi connectivity index (χ3v) is 3.16. The van der Waals surface area contributed by atoms with Gasteiger partial charge in [-0.15, -0.1) is 5.10 Å². The molecular formula is C14H18N4O3. The van der Waals surface area contributed by atoms with E-state index in [9.17, 15) is 4.79 Å². The molecule has 0 unspecified atom stereocenters. The van der Waals surface area contributed by atoms with Crippen LogP contribution in [0.3, 0.4) is 0 Å². The number of nitrogens with zero attached hydrogens (tertiary/aromatic N) is 4. The van der Waals surface area contributed by atoms with Crippen molar-refractivity contribution in [2.45, 2.75) is 32.2 Å². The van der Waals surface area contributed by atoms with E-state index in [2.05, 4.69) is 15.5 Å². The second kappa shape index (κ2) is 7.37. The average Bonchev–Trinajstić information content (AvgIpc) is 2.93. The van der Waals surface area contributed by atoms with Crippen molar-refractivity contribution in [3.8, 4) is 5.75 Å². The van der Waals surface area contributed by atoms with E-state index in [1.807, 2.05) is 24.3 Å². The van der Waals surface area contributed by atoms with Crippen molar-refractivity contribution in [2.75, 3.05) is 7.11 Å². The lowest BCUT2D eigenvalue weighted by molar-refractivity contribution is -0.137. The Bertz CT molecular complexity index is 580. The molecule has 1 N–H and O–H groups in total. The zero-order chi connectivity index (χ0) is 15.1. The number of aromatic nitrogens is 4. The fourth-order valence-electron chi connectivity index (χ4n) is 2.00. The van der Waals surface area contributed by atoms with E-state index < -0.39 is 5.97 Å². The van der Waals surface area contributed by atoms with Gasteiger partial charge in [0.05, 0.1) is 7.11 Å². The molecular weight excluding hydrogens is 272 g/mol. The van der Waals surface area contributed by atoms with Gasteiger partial charge in [0.1, 0.15) is 5.75 Å². The van der Waals surface area contributed by atoms with Crippen LogP contribution < -0.4 is 4.74 Å². The van der Waals surface area contributed by atoms with Crippen LogP contribution >= 0.6 is 0 Å². The number of hydrogen-bond donors (Lipinski definition) is 1. The minimum absolute atomic E-state index is 0.123. The van der Waals surface area contributed by atoms with E-state index >= 15 is 0 Å². The molecule has 0 spiro atoms. The average molecular weight is 290 g/mol. The topological polar surface area (TPSA) is 90.1 Å². The van der Waals surface area contributed by atoms with E-state index in [1.165, 1.54) is 5.56 Å². The Labute approximate surface area is 122 Å². The molecule has 0 aliphatic carbocycles. The Hall–Kier alpha value is -2.44. The number of ether oxygens (including phenoxy) is 1. The summed E-state index contributed by atoms with van der Waals surface area (Å²) in [5, 5.41) is 20.2. The summed E-state index contributed by atoms with van der Waals surface area (Å²) in [7, 11) is 1.64. The molecule has 7 heteroatoms. The number of benzene rings is 1. The van der Waals surface area contributed by atoms with Crippen LogP contribution in [0.5, 0.6) is 5.75 Å². The largest absolute Gasteiger partial charge is 0.497 e. The molecule has 0 atom stereocenters. The highest BCUT2D eigenvalue weighted by atomic mass is 16.5. The van der Waals surface area contributed by atoms with Crippen LogP contribution in [-0.2, 0) is 24.2 Å². The smallest absolute Gasteiger partial charge is 0.303 e. The lowest BCUT2D eigenvalue weighted by Gasteiger charge is -2.05. The zero-order valence-electron chi connectivity index (χ0n) is 11.9. The summed E-state index contributed by atoms with van der Waals surface area (Å²) in [5.74, 6) is 0.802. The Kier molecular flexibility index (Phi) is 5.25. The highest BCUT2D eigenvalue weighted by Crippen LogP contribution is 2.13. The van der Waals surface area contributed by atoms with Gasteiger partial charge < -0.3 is 9.84 Å². The number of hydrogen-bond acceptors (Lipinski definition) is 5. The van der Waals surface area contributed by atoms with Gasteiger partial charge in [0.25, 0.3) is 0 Å². The minimum atomic E-state index is -0.803. The molecule has 1 heterocycles. The zero-order valence-corrected chi connectivity index (χ0v) is 11.9. The highest BCUT2D eigenvalue weighted by molar-refractivity contribution is 5.66. The van der Waals surface area contributed by atoms with Gasteiger partial charge in [-0.1, -0.05) is 12.1 Å². The molecule has 21 heavy (non-hydrogen) atoms. The molecule has 0 aliphatic rings. The van der Waals surface area contributed by atoms with Crippen LogP contribution in [0, 0.1) is 0 Å². The standard InChI is InChI=1S/C14H18N4O3/c1-21-12-7-4-11(5-8-12)6-9-13-15-16-17-18(13)10-2-3-14(19)20/h4-5,7-8H,2-3,6,9-10H2,1H3,(H,19,20). The fourth-order valence-corrected chi connectivity index (χ4v) is 2.00. The monoisotopic (exact) mass is 290 g/mol. The van der Waals surface area contributed by atoms with Gasteiger partial charge in [-0.2, -0.15) is 0 Å². The molecule has 2 aromatic rings. The molecule has 0 aliphatic heterocycles. The molecule has 1 aromatic heterocycles. The maximum absolute atomic E-state index is 10.5. The van der Waals surface area contributed by atoms with Crippen LogP contribution in [-0.4, -0.2) is 38.4 Å².